The molecular weight excluding hydrogens is 442 g/mol. The Morgan fingerprint density at radius 1 is 0.700 bits per heavy atom. The number of rotatable bonds is 0. The Morgan fingerprint density at radius 3 is 1.00 bits per heavy atom. The van der Waals surface area contributed by atoms with Crippen LogP contribution < -0.4 is 113 Å². The van der Waals surface area contributed by atoms with Crippen LogP contribution in [0.1, 0.15) is 0 Å². The maximum absolute atomic E-state index is 8.33. The van der Waals surface area contributed by atoms with E-state index in [2.05, 4.69) is 31.9 Å². The van der Waals surface area contributed by atoms with E-state index >= 15 is 0 Å². The Balaban J connectivity index is -0.000000215. The standard InChI is InChI=1S/2C6H5Br.CH2O3.2K/c2*7-6-4-2-1-3-5-6;2-1(3)4;;/h2*1-5H;(H2,2,3,4);;/q;;;2*+1/p-2. The van der Waals surface area contributed by atoms with Crippen molar-refractivity contribution in [2.75, 3.05) is 0 Å². The molecule has 0 spiro atoms. The van der Waals surface area contributed by atoms with Gasteiger partial charge >= 0.3 is 103 Å². The molecule has 96 valence electrons. The molecule has 0 fully saturated rings. The summed E-state index contributed by atoms with van der Waals surface area (Å²) in [5, 5.41) is 16.7. The molecule has 0 aliphatic carbocycles. The topological polar surface area (TPSA) is 63.2 Å². The maximum atomic E-state index is 8.33. The van der Waals surface area contributed by atoms with E-state index in [1.807, 2.05) is 60.7 Å². The molecule has 2 aromatic rings. The average Bonchev–Trinajstić information content (AvgIpc) is 2.31. The number of hydrogen-bond acceptors (Lipinski definition) is 3. The zero-order valence-corrected chi connectivity index (χ0v) is 20.7. The van der Waals surface area contributed by atoms with Crippen LogP contribution in [-0.2, 0) is 0 Å². The van der Waals surface area contributed by atoms with E-state index < -0.39 is 6.16 Å². The van der Waals surface area contributed by atoms with Crippen LogP contribution in [0.5, 0.6) is 0 Å². The van der Waals surface area contributed by atoms with Crippen LogP contribution in [0.25, 0.3) is 0 Å². The van der Waals surface area contributed by atoms with Gasteiger partial charge in [-0.25, -0.2) is 0 Å². The zero-order chi connectivity index (χ0) is 13.8. The minimum absolute atomic E-state index is 0. The van der Waals surface area contributed by atoms with Gasteiger partial charge in [0, 0.05) is 8.95 Å². The Labute approximate surface area is 220 Å². The molecule has 0 aliphatic rings. The first-order valence-electron chi connectivity index (χ1n) is 4.81. The summed E-state index contributed by atoms with van der Waals surface area (Å²) in [5.74, 6) is 0. The summed E-state index contributed by atoms with van der Waals surface area (Å²) >= 11 is 6.62. The number of carboxylic acid groups (broad SMARTS) is 2. The van der Waals surface area contributed by atoms with E-state index in [0.29, 0.717) is 0 Å². The third-order valence-electron chi connectivity index (χ3n) is 1.47. The molecule has 0 N–H and O–H groups in total. The molecule has 0 radical (unpaired) electrons. The second-order valence-corrected chi connectivity index (χ2v) is 4.67. The van der Waals surface area contributed by atoms with Crippen molar-refractivity contribution in [2.24, 2.45) is 0 Å². The van der Waals surface area contributed by atoms with Crippen LogP contribution in [0.4, 0.5) is 4.79 Å². The number of halogens is 2. The van der Waals surface area contributed by atoms with Crippen molar-refractivity contribution in [3.63, 3.8) is 0 Å². The minimum Gasteiger partial charge on any atom is -0.652 e. The molecule has 0 saturated heterocycles. The molecule has 0 heterocycles. The van der Waals surface area contributed by atoms with Gasteiger partial charge in [-0.3, -0.25) is 0 Å². The van der Waals surface area contributed by atoms with E-state index in [4.69, 9.17) is 15.0 Å². The van der Waals surface area contributed by atoms with Crippen molar-refractivity contribution in [3.05, 3.63) is 69.6 Å². The second-order valence-electron chi connectivity index (χ2n) is 2.84. The molecule has 2 aromatic carbocycles. The molecule has 0 aliphatic heterocycles. The van der Waals surface area contributed by atoms with E-state index in [9.17, 15) is 0 Å². The van der Waals surface area contributed by atoms with E-state index in [-0.39, 0.29) is 103 Å². The molecule has 3 nitrogen and oxygen atoms in total. The normalized spacial score (nSPS) is 7.30. The molecule has 0 unspecified atom stereocenters. The fraction of sp³-hybridized carbons (Fsp3) is 0. The Bertz CT molecular complexity index is 400. The molecule has 0 saturated carbocycles. The fourth-order valence-electron chi connectivity index (χ4n) is 0.829. The van der Waals surface area contributed by atoms with Gasteiger partial charge in [-0.2, -0.15) is 0 Å². The van der Waals surface area contributed by atoms with Crippen molar-refractivity contribution in [1.82, 2.24) is 0 Å². The van der Waals surface area contributed by atoms with Crippen LogP contribution in [0, 0.1) is 0 Å². The predicted octanol–water partition coefficient (Wildman–Crippen LogP) is -3.54. The van der Waals surface area contributed by atoms with Gasteiger partial charge in [-0.1, -0.05) is 68.3 Å². The van der Waals surface area contributed by atoms with Gasteiger partial charge in [0.05, 0.1) is 0 Å². The van der Waals surface area contributed by atoms with Crippen molar-refractivity contribution >= 4 is 38.0 Å². The van der Waals surface area contributed by atoms with Crippen molar-refractivity contribution in [2.45, 2.75) is 0 Å². The summed E-state index contributed by atoms with van der Waals surface area (Å²) in [4.78, 5) is 8.33. The number of hydrogen-bond donors (Lipinski definition) is 0. The molecule has 2 rings (SSSR count). The number of carbonyl (C=O) groups is 1. The average molecular weight is 452 g/mol. The van der Waals surface area contributed by atoms with Crippen LogP contribution in [-0.4, -0.2) is 6.16 Å². The molecule has 0 bridgehead atoms. The van der Waals surface area contributed by atoms with Crippen molar-refractivity contribution in [3.8, 4) is 0 Å². The molecule has 0 aromatic heterocycles. The van der Waals surface area contributed by atoms with Crippen LogP contribution in [0.3, 0.4) is 0 Å². The predicted molar refractivity (Wildman–Crippen MR) is 73.7 cm³/mol. The van der Waals surface area contributed by atoms with Gasteiger partial charge in [-0.05, 0) is 30.4 Å². The smallest absolute Gasteiger partial charge is 0.652 e. The molecule has 7 heteroatoms. The van der Waals surface area contributed by atoms with E-state index in [0.717, 1.165) is 8.95 Å². The first-order chi connectivity index (χ1) is 8.52. The molecule has 0 atom stereocenters. The van der Waals surface area contributed by atoms with Gasteiger partial charge in [0.2, 0.25) is 0 Å². The van der Waals surface area contributed by atoms with Gasteiger partial charge < -0.3 is 15.0 Å². The summed E-state index contributed by atoms with van der Waals surface area (Å²) in [7, 11) is 0. The zero-order valence-electron chi connectivity index (χ0n) is 11.3. The van der Waals surface area contributed by atoms with Crippen molar-refractivity contribution < 1.29 is 118 Å². The minimum atomic E-state index is -2.33. The first kappa shape index (κ1) is 26.8. The van der Waals surface area contributed by atoms with E-state index in [1.54, 1.807) is 0 Å². The van der Waals surface area contributed by atoms with Crippen molar-refractivity contribution in [1.29, 1.82) is 0 Å². The summed E-state index contributed by atoms with van der Waals surface area (Å²) in [6.45, 7) is 0. The summed E-state index contributed by atoms with van der Waals surface area (Å²) < 4.78 is 2.27. The van der Waals surface area contributed by atoms with Gasteiger partial charge in [0.15, 0.2) is 0 Å². The third kappa shape index (κ3) is 22.2. The molecular formula is C13H10Br2K2O3. The van der Waals surface area contributed by atoms with Crippen LogP contribution in [0.2, 0.25) is 0 Å². The molecule has 0 amide bonds. The SMILES string of the molecule is Brc1ccccc1.Brc1ccccc1.O=C([O-])[O-].[K+].[K+]. The quantitative estimate of drug-likeness (QED) is 0.390. The second kappa shape index (κ2) is 19.0. The summed E-state index contributed by atoms with van der Waals surface area (Å²) in [6.07, 6.45) is -2.33. The molecule has 20 heavy (non-hydrogen) atoms. The largest absolute Gasteiger partial charge is 1.00 e. The summed E-state index contributed by atoms with van der Waals surface area (Å²) in [5.41, 5.74) is 0. The van der Waals surface area contributed by atoms with Gasteiger partial charge in [-0.15, -0.1) is 0 Å². The third-order valence-corrected chi connectivity index (χ3v) is 2.52. The maximum Gasteiger partial charge on any atom is 1.00 e. The van der Waals surface area contributed by atoms with E-state index in [1.165, 1.54) is 0 Å². The Morgan fingerprint density at radius 2 is 0.900 bits per heavy atom. The van der Waals surface area contributed by atoms with Crippen LogP contribution >= 0.6 is 31.9 Å². The van der Waals surface area contributed by atoms with Crippen LogP contribution in [0.15, 0.2) is 69.6 Å². The van der Waals surface area contributed by atoms with Gasteiger partial charge in [0.1, 0.15) is 0 Å². The Hall–Kier alpha value is 1.94. The monoisotopic (exact) mass is 450 g/mol. The Kier molecular flexibility index (Phi) is 25.5. The first-order valence-corrected chi connectivity index (χ1v) is 6.40. The number of carbonyl (C=O) groups excluding carboxylic acids is 1. The summed E-state index contributed by atoms with van der Waals surface area (Å²) in [6, 6.07) is 19.9. The van der Waals surface area contributed by atoms with Gasteiger partial charge in [0.25, 0.3) is 0 Å². The fourth-order valence-corrected chi connectivity index (χ4v) is 1.44. The number of benzene rings is 2.